The van der Waals surface area contributed by atoms with E-state index in [1.165, 1.54) is 14.2 Å². The van der Waals surface area contributed by atoms with Gasteiger partial charge < -0.3 is 9.47 Å². The van der Waals surface area contributed by atoms with Gasteiger partial charge in [-0.1, -0.05) is 6.07 Å². The van der Waals surface area contributed by atoms with Crippen molar-refractivity contribution >= 4 is 16.7 Å². The second kappa shape index (κ2) is 5.16. The molecule has 0 aromatic heterocycles. The lowest BCUT2D eigenvalue weighted by molar-refractivity contribution is 0.0792. The fraction of sp³-hybridized carbons (Fsp3) is 0.214. The van der Waals surface area contributed by atoms with Crippen molar-refractivity contribution in [1.29, 1.82) is 0 Å². The summed E-state index contributed by atoms with van der Waals surface area (Å²) in [7, 11) is 4.63. The zero-order valence-electron chi connectivity index (χ0n) is 11.1. The van der Waals surface area contributed by atoms with Crippen molar-refractivity contribution in [2.24, 2.45) is 5.84 Å². The Morgan fingerprint density at radius 2 is 1.84 bits per heavy atom. The molecule has 2 aromatic carbocycles. The summed E-state index contributed by atoms with van der Waals surface area (Å²) in [5, 5.41) is 2.90. The van der Waals surface area contributed by atoms with Gasteiger partial charge in [0.2, 0.25) is 0 Å². The molecule has 5 nitrogen and oxygen atoms in total. The first-order chi connectivity index (χ1) is 9.06. The molecule has 0 aliphatic heterocycles. The molecule has 5 heteroatoms. The Balaban J connectivity index is 2.63. The highest BCUT2D eigenvalue weighted by atomic mass is 16.5. The number of carbonyl (C=O) groups is 1. The van der Waals surface area contributed by atoms with Gasteiger partial charge in [0.1, 0.15) is 11.5 Å². The molecule has 0 aliphatic rings. The molecule has 19 heavy (non-hydrogen) atoms. The van der Waals surface area contributed by atoms with Crippen LogP contribution in [0.5, 0.6) is 11.5 Å². The lowest BCUT2D eigenvalue weighted by atomic mass is 10.0. The van der Waals surface area contributed by atoms with Crippen molar-refractivity contribution in [3.63, 3.8) is 0 Å². The topological polar surface area (TPSA) is 64.8 Å². The van der Waals surface area contributed by atoms with Crippen LogP contribution in [0.1, 0.15) is 10.4 Å². The summed E-state index contributed by atoms with van der Waals surface area (Å²) in [6.45, 7) is 0. The number of nitrogens with two attached hydrogens (primary N) is 1. The van der Waals surface area contributed by atoms with Gasteiger partial charge in [0, 0.05) is 7.05 Å². The monoisotopic (exact) mass is 260 g/mol. The first-order valence-corrected chi connectivity index (χ1v) is 5.75. The molecule has 0 spiro atoms. The van der Waals surface area contributed by atoms with Gasteiger partial charge in [-0.05, 0) is 35.0 Å². The third-order valence-electron chi connectivity index (χ3n) is 2.92. The molecule has 0 radical (unpaired) electrons. The number of methoxy groups -OCH3 is 2. The van der Waals surface area contributed by atoms with E-state index in [-0.39, 0.29) is 5.91 Å². The second-order valence-electron chi connectivity index (χ2n) is 4.18. The normalized spacial score (nSPS) is 10.3. The third-order valence-corrected chi connectivity index (χ3v) is 2.92. The molecule has 0 heterocycles. The number of nitrogens with zero attached hydrogens (tertiary/aromatic N) is 1. The minimum Gasteiger partial charge on any atom is -0.497 e. The van der Waals surface area contributed by atoms with Gasteiger partial charge in [-0.15, -0.1) is 0 Å². The predicted molar refractivity (Wildman–Crippen MR) is 73.3 cm³/mol. The van der Waals surface area contributed by atoms with E-state index in [0.717, 1.165) is 21.5 Å². The number of hydrazine groups is 1. The Morgan fingerprint density at radius 3 is 2.42 bits per heavy atom. The molecule has 2 aromatic rings. The fourth-order valence-corrected chi connectivity index (χ4v) is 1.91. The van der Waals surface area contributed by atoms with E-state index < -0.39 is 0 Å². The first-order valence-electron chi connectivity index (χ1n) is 5.75. The maximum Gasteiger partial charge on any atom is 0.271 e. The van der Waals surface area contributed by atoms with E-state index in [1.54, 1.807) is 19.2 Å². The molecule has 2 rings (SSSR count). The number of carbonyl (C=O) groups excluding carboxylic acids is 1. The Bertz CT molecular complexity index is 623. The van der Waals surface area contributed by atoms with Crippen molar-refractivity contribution in [2.45, 2.75) is 0 Å². The van der Waals surface area contributed by atoms with Gasteiger partial charge in [-0.3, -0.25) is 9.80 Å². The first kappa shape index (κ1) is 13.2. The Hall–Kier alpha value is -2.27. The van der Waals surface area contributed by atoms with E-state index >= 15 is 0 Å². The molecule has 0 unspecified atom stereocenters. The van der Waals surface area contributed by atoms with Crippen molar-refractivity contribution in [3.05, 3.63) is 35.9 Å². The predicted octanol–water partition coefficient (Wildman–Crippen LogP) is 1.80. The zero-order valence-corrected chi connectivity index (χ0v) is 11.1. The minimum atomic E-state index is -0.297. The van der Waals surface area contributed by atoms with Crippen molar-refractivity contribution in [2.75, 3.05) is 21.3 Å². The van der Waals surface area contributed by atoms with E-state index in [2.05, 4.69) is 0 Å². The van der Waals surface area contributed by atoms with Crippen molar-refractivity contribution in [3.8, 4) is 11.5 Å². The molecule has 100 valence electrons. The number of fused-ring (bicyclic) bond motifs is 1. The molecular weight excluding hydrogens is 244 g/mol. The second-order valence-corrected chi connectivity index (χ2v) is 4.18. The summed E-state index contributed by atoms with van der Waals surface area (Å²) in [5.41, 5.74) is 0.435. The molecule has 0 saturated carbocycles. The number of benzene rings is 2. The van der Waals surface area contributed by atoms with Crippen molar-refractivity contribution < 1.29 is 14.3 Å². The van der Waals surface area contributed by atoms with E-state index in [1.807, 2.05) is 18.2 Å². The van der Waals surface area contributed by atoms with Crippen LogP contribution in [-0.4, -0.2) is 32.2 Å². The quantitative estimate of drug-likeness (QED) is 0.519. The number of ether oxygens (including phenoxy) is 2. The smallest absolute Gasteiger partial charge is 0.271 e. The number of amides is 1. The SMILES string of the molecule is COc1ccc2cc(C(=O)N(C)N)c(OC)cc2c1. The van der Waals surface area contributed by atoms with Gasteiger partial charge in [0.05, 0.1) is 19.8 Å². The average Bonchev–Trinajstić information content (AvgIpc) is 2.44. The van der Waals surface area contributed by atoms with E-state index in [0.29, 0.717) is 11.3 Å². The van der Waals surface area contributed by atoms with E-state index in [4.69, 9.17) is 15.3 Å². The van der Waals surface area contributed by atoms with Crippen LogP contribution in [0.4, 0.5) is 0 Å². The average molecular weight is 260 g/mol. The molecule has 1 amide bonds. The van der Waals surface area contributed by atoms with Gasteiger partial charge in [0.15, 0.2) is 0 Å². The summed E-state index contributed by atoms with van der Waals surface area (Å²) < 4.78 is 10.4. The zero-order chi connectivity index (χ0) is 14.0. The summed E-state index contributed by atoms with van der Waals surface area (Å²) in [4.78, 5) is 12.0. The highest BCUT2D eigenvalue weighted by Crippen LogP contribution is 2.29. The molecular formula is C14H16N2O3. The van der Waals surface area contributed by atoms with Crippen LogP contribution >= 0.6 is 0 Å². The van der Waals surface area contributed by atoms with Crippen molar-refractivity contribution in [1.82, 2.24) is 5.01 Å². The summed E-state index contributed by atoms with van der Waals surface area (Å²) in [5.74, 6) is 6.44. The van der Waals surface area contributed by atoms with Crippen LogP contribution in [0.15, 0.2) is 30.3 Å². The largest absolute Gasteiger partial charge is 0.497 e. The lowest BCUT2D eigenvalue weighted by Crippen LogP contribution is -2.33. The van der Waals surface area contributed by atoms with Crippen LogP contribution in [0.2, 0.25) is 0 Å². The molecule has 0 atom stereocenters. The van der Waals surface area contributed by atoms with Crippen LogP contribution in [0.3, 0.4) is 0 Å². The standard InChI is InChI=1S/C14H16N2O3/c1-16(15)14(17)12-7-9-4-5-11(18-2)6-10(9)8-13(12)19-3/h4-8H,15H2,1-3H3. The van der Waals surface area contributed by atoms with Crippen LogP contribution < -0.4 is 15.3 Å². The fourth-order valence-electron chi connectivity index (χ4n) is 1.91. The number of hydrogen-bond acceptors (Lipinski definition) is 4. The summed E-state index contributed by atoms with van der Waals surface area (Å²) in [6.07, 6.45) is 0. The van der Waals surface area contributed by atoms with E-state index in [9.17, 15) is 4.79 Å². The Kier molecular flexibility index (Phi) is 3.57. The maximum absolute atomic E-state index is 12.0. The molecule has 0 fully saturated rings. The molecule has 0 aliphatic carbocycles. The number of rotatable bonds is 3. The Labute approximate surface area is 111 Å². The van der Waals surface area contributed by atoms with Gasteiger partial charge >= 0.3 is 0 Å². The molecule has 2 N–H and O–H groups in total. The highest BCUT2D eigenvalue weighted by Gasteiger charge is 2.15. The molecule has 0 saturated heterocycles. The third kappa shape index (κ3) is 2.46. The summed E-state index contributed by atoms with van der Waals surface area (Å²) >= 11 is 0. The van der Waals surface area contributed by atoms with Gasteiger partial charge in [0.25, 0.3) is 5.91 Å². The maximum atomic E-state index is 12.0. The lowest BCUT2D eigenvalue weighted by Gasteiger charge is -2.14. The van der Waals surface area contributed by atoms with Crippen LogP contribution in [0, 0.1) is 0 Å². The minimum absolute atomic E-state index is 0.297. The molecule has 0 bridgehead atoms. The summed E-state index contributed by atoms with van der Waals surface area (Å²) in [6, 6.07) is 9.18. The highest BCUT2D eigenvalue weighted by molar-refractivity contribution is 6.01. The van der Waals surface area contributed by atoms with Gasteiger partial charge in [-0.2, -0.15) is 0 Å². The van der Waals surface area contributed by atoms with Crippen LogP contribution in [-0.2, 0) is 0 Å². The van der Waals surface area contributed by atoms with Gasteiger partial charge in [-0.25, -0.2) is 5.84 Å². The van der Waals surface area contributed by atoms with Crippen LogP contribution in [0.25, 0.3) is 10.8 Å². The number of hydrogen-bond donors (Lipinski definition) is 1. The Morgan fingerprint density at radius 1 is 1.11 bits per heavy atom.